The van der Waals surface area contributed by atoms with Crippen LogP contribution in [0.15, 0.2) is 16.3 Å². The van der Waals surface area contributed by atoms with Gasteiger partial charge in [0.2, 0.25) is 15.9 Å². The van der Waals surface area contributed by atoms with Crippen LogP contribution >= 0.6 is 11.3 Å². The van der Waals surface area contributed by atoms with Gasteiger partial charge < -0.3 is 10.4 Å². The molecule has 10 heteroatoms. The van der Waals surface area contributed by atoms with E-state index in [9.17, 15) is 18.0 Å². The van der Waals surface area contributed by atoms with Crippen LogP contribution in [-0.2, 0) is 26.2 Å². The zero-order chi connectivity index (χ0) is 18.6. The lowest BCUT2D eigenvalue weighted by Gasteiger charge is -2.41. The largest absolute Gasteiger partial charge is 0.480 e. The normalized spacial score (nSPS) is 20.3. The maximum absolute atomic E-state index is 12.4. The molecule has 1 aliphatic carbocycles. The maximum atomic E-state index is 12.4. The highest BCUT2D eigenvalue weighted by Gasteiger charge is 2.36. The molecule has 1 aliphatic rings. The summed E-state index contributed by atoms with van der Waals surface area (Å²) in [6.45, 7) is 4.19. The van der Waals surface area contributed by atoms with Crippen LogP contribution in [0.25, 0.3) is 0 Å². The van der Waals surface area contributed by atoms with Crippen molar-refractivity contribution in [1.82, 2.24) is 14.9 Å². The van der Waals surface area contributed by atoms with Crippen molar-refractivity contribution in [2.75, 3.05) is 13.1 Å². The minimum absolute atomic E-state index is 0.0297. The van der Waals surface area contributed by atoms with Crippen molar-refractivity contribution in [1.29, 1.82) is 0 Å². The number of carboxylic acids is 1. The monoisotopic (exact) mass is 389 g/mol. The van der Waals surface area contributed by atoms with Crippen LogP contribution < -0.4 is 10.0 Å². The quantitative estimate of drug-likeness (QED) is 0.570. The van der Waals surface area contributed by atoms with Crippen molar-refractivity contribution in [3.8, 4) is 0 Å². The number of amides is 1. The summed E-state index contributed by atoms with van der Waals surface area (Å²) in [5, 5.41) is 11.5. The van der Waals surface area contributed by atoms with Crippen LogP contribution in [0.5, 0.6) is 0 Å². The first-order valence-corrected chi connectivity index (χ1v) is 10.3. The molecule has 0 bridgehead atoms. The molecule has 25 heavy (non-hydrogen) atoms. The number of carboxylic acid groups (broad SMARTS) is 1. The molecule has 2 rings (SSSR count). The molecule has 0 spiro atoms. The SMILES string of the molecule is CCN(CC(=O)O)C1CC(NS(=O)(=O)c2ccc(CNC(C)=O)s2)C1. The molecule has 0 atom stereocenters. The Hall–Kier alpha value is -1.49. The number of nitrogens with zero attached hydrogens (tertiary/aromatic N) is 1. The molecule has 1 aromatic heterocycles. The molecule has 140 valence electrons. The minimum atomic E-state index is -3.60. The summed E-state index contributed by atoms with van der Waals surface area (Å²) in [5.74, 6) is -1.05. The van der Waals surface area contributed by atoms with Gasteiger partial charge >= 0.3 is 5.97 Å². The standard InChI is InChI=1S/C15H23N3O5S2/c1-3-18(9-14(20)21)12-6-11(7-12)17-25(22,23)15-5-4-13(24-15)8-16-10(2)19/h4-5,11-12,17H,3,6-9H2,1-2H3,(H,16,19)(H,20,21). The summed E-state index contributed by atoms with van der Waals surface area (Å²) in [7, 11) is -3.60. The van der Waals surface area contributed by atoms with Crippen molar-refractivity contribution in [3.05, 3.63) is 17.0 Å². The van der Waals surface area contributed by atoms with Crippen molar-refractivity contribution in [2.45, 2.75) is 49.5 Å². The first kappa shape index (κ1) is 19.8. The van der Waals surface area contributed by atoms with Gasteiger partial charge in [-0.25, -0.2) is 13.1 Å². The Labute approximate surface area is 151 Å². The number of thiophene rings is 1. The van der Waals surface area contributed by atoms with Gasteiger partial charge in [0, 0.05) is 23.9 Å². The number of hydrogen-bond donors (Lipinski definition) is 3. The van der Waals surface area contributed by atoms with E-state index >= 15 is 0 Å². The van der Waals surface area contributed by atoms with Crippen molar-refractivity contribution >= 4 is 33.2 Å². The van der Waals surface area contributed by atoms with E-state index in [1.165, 1.54) is 13.0 Å². The average molecular weight is 389 g/mol. The number of nitrogens with one attached hydrogen (secondary N) is 2. The number of aliphatic carboxylic acids is 1. The fourth-order valence-corrected chi connectivity index (χ4v) is 5.32. The molecule has 3 N–H and O–H groups in total. The first-order chi connectivity index (χ1) is 11.7. The Kier molecular flexibility index (Phi) is 6.55. The lowest BCUT2D eigenvalue weighted by Crippen LogP contribution is -2.54. The summed E-state index contributed by atoms with van der Waals surface area (Å²) in [6, 6.07) is 3.12. The van der Waals surface area contributed by atoms with Crippen LogP contribution in [0, 0.1) is 0 Å². The molecular weight excluding hydrogens is 366 g/mol. The molecule has 0 aromatic carbocycles. The van der Waals surface area contributed by atoms with Gasteiger partial charge in [-0.05, 0) is 31.5 Å². The third-order valence-corrected chi connectivity index (χ3v) is 7.21. The van der Waals surface area contributed by atoms with E-state index in [1.807, 2.05) is 11.8 Å². The zero-order valence-electron chi connectivity index (χ0n) is 14.2. The predicted octanol–water partition coefficient (Wildman–Crippen LogP) is 0.600. The lowest BCUT2D eigenvalue weighted by molar-refractivity contribution is -0.139. The second-order valence-electron chi connectivity index (χ2n) is 6.03. The maximum Gasteiger partial charge on any atom is 0.317 e. The Morgan fingerprint density at radius 1 is 1.36 bits per heavy atom. The van der Waals surface area contributed by atoms with Crippen LogP contribution in [0.2, 0.25) is 0 Å². The molecule has 0 aliphatic heterocycles. The van der Waals surface area contributed by atoms with E-state index in [1.54, 1.807) is 6.07 Å². The molecule has 1 fully saturated rings. The number of hydrogen-bond acceptors (Lipinski definition) is 6. The van der Waals surface area contributed by atoms with Crippen molar-refractivity contribution in [2.24, 2.45) is 0 Å². The van der Waals surface area contributed by atoms with Gasteiger partial charge in [-0.1, -0.05) is 6.92 Å². The van der Waals surface area contributed by atoms with Gasteiger partial charge in [0.05, 0.1) is 13.1 Å². The fraction of sp³-hybridized carbons (Fsp3) is 0.600. The second-order valence-corrected chi connectivity index (χ2v) is 9.14. The second kappa shape index (κ2) is 8.26. The number of sulfonamides is 1. The van der Waals surface area contributed by atoms with E-state index in [0.717, 1.165) is 16.2 Å². The highest BCUT2D eigenvalue weighted by molar-refractivity contribution is 7.91. The van der Waals surface area contributed by atoms with Gasteiger partial charge in [-0.15, -0.1) is 11.3 Å². The molecule has 1 aromatic rings. The van der Waals surface area contributed by atoms with Gasteiger partial charge in [-0.3, -0.25) is 14.5 Å². The van der Waals surface area contributed by atoms with Crippen molar-refractivity contribution in [3.63, 3.8) is 0 Å². The van der Waals surface area contributed by atoms with E-state index < -0.39 is 16.0 Å². The smallest absolute Gasteiger partial charge is 0.317 e. The number of likely N-dealkylation sites (N-methyl/N-ethyl adjacent to an activating group) is 1. The van der Waals surface area contributed by atoms with Crippen LogP contribution in [-0.4, -0.2) is 55.5 Å². The number of carbonyl (C=O) groups excluding carboxylic acids is 1. The molecular formula is C15H23N3O5S2. The molecule has 1 heterocycles. The Bertz CT molecular complexity index is 725. The third-order valence-electron chi connectivity index (χ3n) is 4.11. The fourth-order valence-electron chi connectivity index (χ4n) is 2.74. The summed E-state index contributed by atoms with van der Waals surface area (Å²) in [5.41, 5.74) is 0. The number of rotatable bonds is 9. The van der Waals surface area contributed by atoms with Gasteiger partial charge in [0.15, 0.2) is 0 Å². The molecule has 8 nitrogen and oxygen atoms in total. The summed E-state index contributed by atoms with van der Waals surface area (Å²) < 4.78 is 27.7. The molecule has 0 saturated heterocycles. The topological polar surface area (TPSA) is 116 Å². The summed E-state index contributed by atoms with van der Waals surface area (Å²) >= 11 is 1.13. The van der Waals surface area contributed by atoms with E-state index in [0.29, 0.717) is 25.9 Å². The van der Waals surface area contributed by atoms with Gasteiger partial charge in [0.25, 0.3) is 0 Å². The molecule has 1 amide bonds. The summed E-state index contributed by atoms with van der Waals surface area (Å²) in [4.78, 5) is 24.3. The molecule has 0 radical (unpaired) electrons. The highest BCUT2D eigenvalue weighted by Crippen LogP contribution is 2.28. The zero-order valence-corrected chi connectivity index (χ0v) is 15.8. The van der Waals surface area contributed by atoms with E-state index in [2.05, 4.69) is 10.0 Å². The average Bonchev–Trinajstić information content (AvgIpc) is 2.96. The van der Waals surface area contributed by atoms with Gasteiger partial charge in [0.1, 0.15) is 4.21 Å². The first-order valence-electron chi connectivity index (χ1n) is 8.02. The number of carbonyl (C=O) groups is 2. The predicted molar refractivity (Wildman–Crippen MR) is 93.9 cm³/mol. The summed E-state index contributed by atoms with van der Waals surface area (Å²) in [6.07, 6.45) is 1.20. The van der Waals surface area contributed by atoms with Crippen LogP contribution in [0.4, 0.5) is 0 Å². The molecule has 1 saturated carbocycles. The van der Waals surface area contributed by atoms with E-state index in [-0.39, 0.29) is 28.7 Å². The van der Waals surface area contributed by atoms with E-state index in [4.69, 9.17) is 5.11 Å². The lowest BCUT2D eigenvalue weighted by atomic mass is 9.86. The van der Waals surface area contributed by atoms with Crippen LogP contribution in [0.3, 0.4) is 0 Å². The Morgan fingerprint density at radius 3 is 2.60 bits per heavy atom. The van der Waals surface area contributed by atoms with Crippen LogP contribution in [0.1, 0.15) is 31.6 Å². The van der Waals surface area contributed by atoms with Crippen molar-refractivity contribution < 1.29 is 23.1 Å². The third kappa shape index (κ3) is 5.50. The highest BCUT2D eigenvalue weighted by atomic mass is 32.2. The molecule has 0 unspecified atom stereocenters. The Balaban J connectivity index is 1.88. The van der Waals surface area contributed by atoms with Gasteiger partial charge in [-0.2, -0.15) is 0 Å². The minimum Gasteiger partial charge on any atom is -0.480 e. The Morgan fingerprint density at radius 2 is 2.04 bits per heavy atom.